The van der Waals surface area contributed by atoms with Gasteiger partial charge in [0.15, 0.2) is 0 Å². The Labute approximate surface area is 112 Å². The molecule has 19 heavy (non-hydrogen) atoms. The first-order chi connectivity index (χ1) is 9.19. The zero-order valence-electron chi connectivity index (χ0n) is 11.0. The minimum Gasteiger partial charge on any atom is -0.358 e. The molecule has 0 saturated heterocycles. The maximum atomic E-state index is 10.6. The van der Waals surface area contributed by atoms with Crippen molar-refractivity contribution in [3.63, 3.8) is 0 Å². The van der Waals surface area contributed by atoms with E-state index in [4.69, 9.17) is 0 Å². The summed E-state index contributed by atoms with van der Waals surface area (Å²) in [6, 6.07) is 6.76. The van der Waals surface area contributed by atoms with Crippen LogP contribution in [0.2, 0.25) is 0 Å². The summed E-state index contributed by atoms with van der Waals surface area (Å²) in [6.07, 6.45) is 5.02. The summed E-state index contributed by atoms with van der Waals surface area (Å²) in [6.45, 7) is 2.63. The topological polar surface area (TPSA) is 61.6 Å². The van der Waals surface area contributed by atoms with E-state index in [1.807, 2.05) is 19.2 Å². The predicted octanol–water partition coefficient (Wildman–Crippen LogP) is 1.36. The fourth-order valence-corrected chi connectivity index (χ4v) is 2.02. The number of hydrogen-bond acceptors (Lipinski definition) is 5. The summed E-state index contributed by atoms with van der Waals surface area (Å²) < 4.78 is 0. The van der Waals surface area contributed by atoms with Crippen LogP contribution in [0.15, 0.2) is 36.7 Å². The van der Waals surface area contributed by atoms with Gasteiger partial charge in [-0.15, -0.1) is 0 Å². The molecule has 1 heterocycles. The van der Waals surface area contributed by atoms with Gasteiger partial charge in [-0.1, -0.05) is 12.1 Å². The van der Waals surface area contributed by atoms with E-state index in [1.54, 1.807) is 12.1 Å². The third-order valence-electron chi connectivity index (χ3n) is 3.05. The van der Waals surface area contributed by atoms with E-state index >= 15 is 0 Å². The Balaban J connectivity index is 1.80. The molecule has 0 unspecified atom stereocenters. The first-order valence-electron chi connectivity index (χ1n) is 6.23. The summed E-state index contributed by atoms with van der Waals surface area (Å²) in [5.74, 6) is 0. The normalized spacial score (nSPS) is 14.2. The van der Waals surface area contributed by atoms with Gasteiger partial charge in [0.05, 0.1) is 18.3 Å². The highest BCUT2D eigenvalue weighted by Crippen LogP contribution is 2.13. The molecule has 0 amide bonds. The zero-order valence-corrected chi connectivity index (χ0v) is 11.0. The number of nitrogens with one attached hydrogen (secondary N) is 1. The molecule has 1 aliphatic rings. The summed E-state index contributed by atoms with van der Waals surface area (Å²) in [5.41, 5.74) is 1.26. The molecular weight excluding hydrogens is 244 g/mol. The van der Waals surface area contributed by atoms with Crippen LogP contribution in [0.5, 0.6) is 0 Å². The second-order valence-electron chi connectivity index (χ2n) is 4.53. The minimum atomic E-state index is -0.372. The molecule has 0 fully saturated rings. The molecule has 6 heteroatoms. The number of rotatable bonds is 6. The smallest absolute Gasteiger partial charge is 0.269 e. The second-order valence-corrected chi connectivity index (χ2v) is 4.53. The van der Waals surface area contributed by atoms with Gasteiger partial charge in [-0.2, -0.15) is 0 Å². The molecule has 0 atom stereocenters. The summed E-state index contributed by atoms with van der Waals surface area (Å²) in [4.78, 5) is 14.6. The van der Waals surface area contributed by atoms with Crippen LogP contribution in [0.3, 0.4) is 0 Å². The van der Waals surface area contributed by atoms with Crippen LogP contribution in [-0.4, -0.2) is 41.7 Å². The number of hydrogen-bond donors (Lipinski definition) is 1. The Morgan fingerprint density at radius 2 is 1.95 bits per heavy atom. The monoisotopic (exact) mass is 262 g/mol. The van der Waals surface area contributed by atoms with Gasteiger partial charge in [0.1, 0.15) is 0 Å². The van der Waals surface area contributed by atoms with E-state index in [2.05, 4.69) is 27.5 Å². The standard InChI is InChI=1S/C13H18N4O2/c1-14-10-16-9-8-15(11-16)7-6-12-2-4-13(5-3-12)17(18)19/h2-5,8-9,14H,6-7,10-11H2,1H3. The second kappa shape index (κ2) is 6.19. The third kappa shape index (κ3) is 3.69. The van der Waals surface area contributed by atoms with Gasteiger partial charge in [0.25, 0.3) is 5.69 Å². The number of nitro groups is 1. The quantitative estimate of drug-likeness (QED) is 0.619. The van der Waals surface area contributed by atoms with Crippen molar-refractivity contribution in [2.75, 3.05) is 26.9 Å². The molecule has 0 radical (unpaired) electrons. The third-order valence-corrected chi connectivity index (χ3v) is 3.05. The highest BCUT2D eigenvalue weighted by atomic mass is 16.6. The molecule has 0 spiro atoms. The van der Waals surface area contributed by atoms with Crippen LogP contribution in [-0.2, 0) is 6.42 Å². The predicted molar refractivity (Wildman–Crippen MR) is 73.3 cm³/mol. The van der Waals surface area contributed by atoms with E-state index < -0.39 is 0 Å². The van der Waals surface area contributed by atoms with Crippen molar-refractivity contribution in [3.8, 4) is 0 Å². The molecule has 1 aromatic carbocycles. The highest BCUT2D eigenvalue weighted by Gasteiger charge is 2.11. The first-order valence-corrected chi connectivity index (χ1v) is 6.23. The Bertz CT molecular complexity index is 458. The Morgan fingerprint density at radius 3 is 2.58 bits per heavy atom. The van der Waals surface area contributed by atoms with Gasteiger partial charge in [0.2, 0.25) is 0 Å². The molecule has 0 saturated carbocycles. The molecule has 2 rings (SSSR count). The summed E-state index contributed by atoms with van der Waals surface area (Å²) >= 11 is 0. The lowest BCUT2D eigenvalue weighted by molar-refractivity contribution is -0.384. The molecule has 0 bridgehead atoms. The number of non-ortho nitro benzene ring substituents is 1. The fourth-order valence-electron chi connectivity index (χ4n) is 2.02. The van der Waals surface area contributed by atoms with Gasteiger partial charge in [-0.3, -0.25) is 10.1 Å². The van der Waals surface area contributed by atoms with E-state index in [0.29, 0.717) is 0 Å². The van der Waals surface area contributed by atoms with Crippen LogP contribution >= 0.6 is 0 Å². The molecule has 1 aliphatic heterocycles. The first kappa shape index (κ1) is 13.4. The average Bonchev–Trinajstić information content (AvgIpc) is 2.85. The molecule has 0 aliphatic carbocycles. The molecule has 6 nitrogen and oxygen atoms in total. The molecule has 102 valence electrons. The lowest BCUT2D eigenvalue weighted by Crippen LogP contribution is -2.32. The lowest BCUT2D eigenvalue weighted by atomic mass is 10.1. The van der Waals surface area contributed by atoms with Gasteiger partial charge in [-0.25, -0.2) is 0 Å². The maximum absolute atomic E-state index is 10.6. The van der Waals surface area contributed by atoms with Gasteiger partial charge >= 0.3 is 0 Å². The minimum absolute atomic E-state index is 0.144. The van der Waals surface area contributed by atoms with Crippen molar-refractivity contribution in [2.45, 2.75) is 6.42 Å². The fraction of sp³-hybridized carbons (Fsp3) is 0.385. The van der Waals surface area contributed by atoms with Crippen LogP contribution in [0.4, 0.5) is 5.69 Å². The Hall–Kier alpha value is -2.08. The van der Waals surface area contributed by atoms with Gasteiger partial charge in [0, 0.05) is 31.1 Å². The van der Waals surface area contributed by atoms with Crippen LogP contribution in [0, 0.1) is 10.1 Å². The average molecular weight is 262 g/mol. The van der Waals surface area contributed by atoms with Crippen LogP contribution in [0.1, 0.15) is 5.56 Å². The van der Waals surface area contributed by atoms with E-state index in [0.717, 1.165) is 31.9 Å². The zero-order chi connectivity index (χ0) is 13.7. The maximum Gasteiger partial charge on any atom is 0.269 e. The van der Waals surface area contributed by atoms with Crippen molar-refractivity contribution < 1.29 is 4.92 Å². The number of nitrogens with zero attached hydrogens (tertiary/aromatic N) is 3. The molecule has 0 aromatic heterocycles. The molecular formula is C13H18N4O2. The Morgan fingerprint density at radius 1 is 1.26 bits per heavy atom. The van der Waals surface area contributed by atoms with Crippen molar-refractivity contribution in [2.24, 2.45) is 0 Å². The summed E-state index contributed by atoms with van der Waals surface area (Å²) in [5, 5.41) is 13.7. The number of nitro benzene ring substituents is 1. The molecule has 1 aromatic rings. The summed E-state index contributed by atoms with van der Waals surface area (Å²) in [7, 11) is 1.92. The van der Waals surface area contributed by atoms with Crippen molar-refractivity contribution in [1.82, 2.24) is 15.1 Å². The Kier molecular flexibility index (Phi) is 4.35. The van der Waals surface area contributed by atoms with E-state index in [9.17, 15) is 10.1 Å². The van der Waals surface area contributed by atoms with Crippen LogP contribution in [0.25, 0.3) is 0 Å². The van der Waals surface area contributed by atoms with E-state index in [1.165, 1.54) is 0 Å². The van der Waals surface area contributed by atoms with E-state index in [-0.39, 0.29) is 10.6 Å². The van der Waals surface area contributed by atoms with Crippen molar-refractivity contribution >= 4 is 5.69 Å². The SMILES string of the molecule is CNCN1C=CN(CCc2ccc([N+](=O)[O-])cc2)C1. The largest absolute Gasteiger partial charge is 0.358 e. The highest BCUT2D eigenvalue weighted by molar-refractivity contribution is 5.32. The lowest BCUT2D eigenvalue weighted by Gasteiger charge is -2.20. The number of benzene rings is 1. The van der Waals surface area contributed by atoms with Crippen LogP contribution < -0.4 is 5.32 Å². The van der Waals surface area contributed by atoms with Gasteiger partial charge < -0.3 is 15.1 Å². The molecule has 1 N–H and O–H groups in total. The van der Waals surface area contributed by atoms with Gasteiger partial charge in [-0.05, 0) is 19.0 Å². The van der Waals surface area contributed by atoms with Crippen molar-refractivity contribution in [1.29, 1.82) is 0 Å². The van der Waals surface area contributed by atoms with Crippen molar-refractivity contribution in [3.05, 3.63) is 52.3 Å².